The molecule has 3 rings (SSSR count). The zero-order valence-corrected chi connectivity index (χ0v) is 16.1. The molecule has 0 spiro atoms. The number of hydrogen-bond donors (Lipinski definition) is 2. The zero-order valence-electron chi connectivity index (χ0n) is 16.1. The standard InChI is InChI=1S/C23H19FN2O4/c1-25-23(29)26-22(28)21(17-5-3-2-4-6-17)30-19-13-9-16(10-14-19)20(27)15-7-11-18(24)12-8-15/h2-14,21H,1H3,(H2,25,26,28,29)/t21-/m1/s1. The topological polar surface area (TPSA) is 84.5 Å². The van der Waals surface area contributed by atoms with E-state index < -0.39 is 23.9 Å². The molecule has 30 heavy (non-hydrogen) atoms. The monoisotopic (exact) mass is 406 g/mol. The van der Waals surface area contributed by atoms with E-state index in [-0.39, 0.29) is 5.78 Å². The molecule has 0 saturated carbocycles. The van der Waals surface area contributed by atoms with Crippen molar-refractivity contribution in [2.75, 3.05) is 7.05 Å². The molecule has 1 atom stereocenters. The highest BCUT2D eigenvalue weighted by Gasteiger charge is 2.24. The maximum atomic E-state index is 13.0. The number of halogens is 1. The van der Waals surface area contributed by atoms with Crippen LogP contribution in [0, 0.1) is 5.82 Å². The van der Waals surface area contributed by atoms with Crippen molar-refractivity contribution in [3.63, 3.8) is 0 Å². The van der Waals surface area contributed by atoms with Crippen LogP contribution in [-0.2, 0) is 4.79 Å². The second kappa shape index (κ2) is 9.47. The van der Waals surface area contributed by atoms with Gasteiger partial charge < -0.3 is 10.1 Å². The van der Waals surface area contributed by atoms with Crippen molar-refractivity contribution >= 4 is 17.7 Å². The quantitative estimate of drug-likeness (QED) is 0.613. The number of ketones is 1. The average Bonchev–Trinajstić information content (AvgIpc) is 2.78. The van der Waals surface area contributed by atoms with Crippen molar-refractivity contribution in [1.29, 1.82) is 0 Å². The van der Waals surface area contributed by atoms with E-state index in [0.717, 1.165) is 0 Å². The van der Waals surface area contributed by atoms with E-state index >= 15 is 0 Å². The molecule has 6 nitrogen and oxygen atoms in total. The number of carbonyl (C=O) groups is 3. The van der Waals surface area contributed by atoms with Crippen LogP contribution in [0.4, 0.5) is 9.18 Å². The van der Waals surface area contributed by atoms with Crippen LogP contribution in [0.2, 0.25) is 0 Å². The Morgan fingerprint density at radius 2 is 1.40 bits per heavy atom. The van der Waals surface area contributed by atoms with Crippen molar-refractivity contribution in [1.82, 2.24) is 10.6 Å². The van der Waals surface area contributed by atoms with E-state index in [1.807, 2.05) is 0 Å². The first-order valence-electron chi connectivity index (χ1n) is 9.12. The number of imide groups is 1. The van der Waals surface area contributed by atoms with Gasteiger partial charge in [-0.15, -0.1) is 0 Å². The first-order chi connectivity index (χ1) is 14.5. The van der Waals surface area contributed by atoms with E-state index in [9.17, 15) is 18.8 Å². The molecule has 0 aliphatic carbocycles. The molecule has 7 heteroatoms. The molecule has 152 valence electrons. The Morgan fingerprint density at radius 3 is 1.97 bits per heavy atom. The van der Waals surface area contributed by atoms with Crippen LogP contribution in [0.5, 0.6) is 5.75 Å². The Balaban J connectivity index is 1.79. The second-order valence-electron chi connectivity index (χ2n) is 6.34. The summed E-state index contributed by atoms with van der Waals surface area (Å²) in [7, 11) is 1.40. The molecule has 0 aromatic heterocycles. The second-order valence-corrected chi connectivity index (χ2v) is 6.34. The van der Waals surface area contributed by atoms with E-state index in [1.165, 1.54) is 31.3 Å². The molecule has 0 unspecified atom stereocenters. The average molecular weight is 406 g/mol. The van der Waals surface area contributed by atoms with Crippen LogP contribution in [0.1, 0.15) is 27.6 Å². The Hall–Kier alpha value is -4.00. The minimum atomic E-state index is -1.07. The van der Waals surface area contributed by atoms with Crippen LogP contribution < -0.4 is 15.4 Å². The smallest absolute Gasteiger partial charge is 0.321 e. The normalized spacial score (nSPS) is 11.3. The van der Waals surface area contributed by atoms with Crippen molar-refractivity contribution in [2.24, 2.45) is 0 Å². The molecule has 0 radical (unpaired) electrons. The third kappa shape index (κ3) is 5.08. The Kier molecular flexibility index (Phi) is 6.54. The largest absolute Gasteiger partial charge is 0.476 e. The summed E-state index contributed by atoms with van der Waals surface area (Å²) in [4.78, 5) is 36.6. The minimum absolute atomic E-state index is 0.265. The molecule has 0 fully saturated rings. The molecule has 3 aromatic carbocycles. The van der Waals surface area contributed by atoms with Gasteiger partial charge in [-0.25, -0.2) is 9.18 Å². The predicted octanol–water partition coefficient (Wildman–Crippen LogP) is 3.63. The number of rotatable bonds is 6. The Morgan fingerprint density at radius 1 is 0.833 bits per heavy atom. The van der Waals surface area contributed by atoms with Gasteiger partial charge in [0.05, 0.1) is 0 Å². The van der Waals surface area contributed by atoms with Crippen molar-refractivity contribution in [2.45, 2.75) is 6.10 Å². The van der Waals surface area contributed by atoms with E-state index in [2.05, 4.69) is 10.6 Å². The number of amides is 3. The van der Waals surface area contributed by atoms with Gasteiger partial charge in [0.2, 0.25) is 6.10 Å². The lowest BCUT2D eigenvalue weighted by Gasteiger charge is -2.19. The fourth-order valence-corrected chi connectivity index (χ4v) is 2.73. The molecule has 0 bridgehead atoms. The van der Waals surface area contributed by atoms with Crippen LogP contribution in [0.15, 0.2) is 78.9 Å². The van der Waals surface area contributed by atoms with Gasteiger partial charge >= 0.3 is 6.03 Å². The van der Waals surface area contributed by atoms with Gasteiger partial charge in [0.1, 0.15) is 11.6 Å². The first-order valence-corrected chi connectivity index (χ1v) is 9.12. The molecule has 3 amide bonds. The number of ether oxygens (including phenoxy) is 1. The lowest BCUT2D eigenvalue weighted by molar-refractivity contribution is -0.127. The summed E-state index contributed by atoms with van der Waals surface area (Å²) in [6.45, 7) is 0. The number of carbonyl (C=O) groups excluding carboxylic acids is 3. The van der Waals surface area contributed by atoms with Gasteiger partial charge in [0.25, 0.3) is 5.91 Å². The van der Waals surface area contributed by atoms with Gasteiger partial charge in [0.15, 0.2) is 5.78 Å². The van der Waals surface area contributed by atoms with E-state index in [0.29, 0.717) is 22.4 Å². The lowest BCUT2D eigenvalue weighted by atomic mass is 10.0. The third-order valence-corrected chi connectivity index (χ3v) is 4.28. The Bertz CT molecular complexity index is 1040. The fourth-order valence-electron chi connectivity index (χ4n) is 2.73. The zero-order chi connectivity index (χ0) is 21.5. The molecular weight excluding hydrogens is 387 g/mol. The third-order valence-electron chi connectivity index (χ3n) is 4.28. The Labute approximate surface area is 172 Å². The molecule has 0 heterocycles. The van der Waals surface area contributed by atoms with Gasteiger partial charge in [-0.05, 0) is 48.5 Å². The molecule has 2 N–H and O–H groups in total. The van der Waals surface area contributed by atoms with E-state index in [4.69, 9.17) is 4.74 Å². The molecule has 0 aliphatic rings. The van der Waals surface area contributed by atoms with Gasteiger partial charge in [-0.3, -0.25) is 14.9 Å². The summed E-state index contributed by atoms with van der Waals surface area (Å²) in [5, 5.41) is 4.52. The van der Waals surface area contributed by atoms with Gasteiger partial charge in [-0.1, -0.05) is 30.3 Å². The van der Waals surface area contributed by atoms with Gasteiger partial charge in [0, 0.05) is 23.7 Å². The predicted molar refractivity (Wildman–Crippen MR) is 109 cm³/mol. The molecule has 3 aromatic rings. The summed E-state index contributed by atoms with van der Waals surface area (Å²) in [5.41, 5.74) is 1.31. The number of hydrogen-bond acceptors (Lipinski definition) is 4. The highest BCUT2D eigenvalue weighted by Crippen LogP contribution is 2.23. The van der Waals surface area contributed by atoms with Crippen LogP contribution in [0.3, 0.4) is 0 Å². The first kappa shape index (κ1) is 20.7. The summed E-state index contributed by atoms with van der Waals surface area (Å²) in [6.07, 6.45) is -1.07. The van der Waals surface area contributed by atoms with Crippen molar-refractivity contribution in [3.8, 4) is 5.75 Å². The van der Waals surface area contributed by atoms with Crippen molar-refractivity contribution in [3.05, 3.63) is 101 Å². The maximum Gasteiger partial charge on any atom is 0.321 e. The SMILES string of the molecule is CNC(=O)NC(=O)[C@H](Oc1ccc(C(=O)c2ccc(F)cc2)cc1)c1ccccc1. The molecule has 0 aliphatic heterocycles. The van der Waals surface area contributed by atoms with E-state index in [1.54, 1.807) is 54.6 Å². The summed E-state index contributed by atoms with van der Waals surface area (Å²) < 4.78 is 18.9. The molecule has 0 saturated heterocycles. The lowest BCUT2D eigenvalue weighted by Crippen LogP contribution is -2.41. The number of nitrogens with one attached hydrogen (secondary N) is 2. The van der Waals surface area contributed by atoms with Crippen LogP contribution in [0.25, 0.3) is 0 Å². The highest BCUT2D eigenvalue weighted by molar-refractivity contribution is 6.09. The van der Waals surface area contributed by atoms with Crippen LogP contribution >= 0.6 is 0 Å². The number of benzene rings is 3. The minimum Gasteiger partial charge on any atom is -0.476 e. The van der Waals surface area contributed by atoms with Crippen molar-refractivity contribution < 1.29 is 23.5 Å². The summed E-state index contributed by atoms with van der Waals surface area (Å²) >= 11 is 0. The molecular formula is C23H19FN2O4. The number of urea groups is 1. The van der Waals surface area contributed by atoms with Crippen LogP contribution in [-0.4, -0.2) is 24.8 Å². The maximum absolute atomic E-state index is 13.0. The highest BCUT2D eigenvalue weighted by atomic mass is 19.1. The van der Waals surface area contributed by atoms with Gasteiger partial charge in [-0.2, -0.15) is 0 Å². The fraction of sp³-hybridized carbons (Fsp3) is 0.0870. The summed E-state index contributed by atoms with van der Waals surface area (Å²) in [5.74, 6) is -0.977. The summed E-state index contributed by atoms with van der Waals surface area (Å²) in [6, 6.07) is 19.6.